The molecule has 0 bridgehead atoms. The molecule has 0 heterocycles. The van der Waals surface area contributed by atoms with Crippen LogP contribution in [0, 0.1) is 6.92 Å². The van der Waals surface area contributed by atoms with Gasteiger partial charge in [-0.3, -0.25) is 13.9 Å². The minimum Gasteiger partial charge on any atom is -0.497 e. The number of nitrogens with zero attached hydrogens (tertiary/aromatic N) is 2. The van der Waals surface area contributed by atoms with E-state index in [9.17, 15) is 18.0 Å². The van der Waals surface area contributed by atoms with Crippen molar-refractivity contribution in [1.29, 1.82) is 0 Å². The molecule has 0 aromatic heterocycles. The number of nitrogens with one attached hydrogen (secondary N) is 1. The highest BCUT2D eigenvalue weighted by atomic mass is 32.2. The van der Waals surface area contributed by atoms with E-state index >= 15 is 0 Å². The highest BCUT2D eigenvalue weighted by Crippen LogP contribution is 2.26. The molecule has 4 aromatic rings. The molecule has 4 rings (SSSR count). The highest BCUT2D eigenvalue weighted by molar-refractivity contribution is 7.92. The fourth-order valence-electron chi connectivity index (χ4n) is 5.07. The molecule has 8 nitrogen and oxygen atoms in total. The number of sulfonamides is 1. The molecule has 0 spiro atoms. The summed E-state index contributed by atoms with van der Waals surface area (Å²) in [6.07, 6.45) is 1.98. The summed E-state index contributed by atoms with van der Waals surface area (Å²) < 4.78 is 34.5. The van der Waals surface area contributed by atoms with Crippen LogP contribution >= 0.6 is 0 Å². The van der Waals surface area contributed by atoms with Gasteiger partial charge in [0.25, 0.3) is 10.0 Å². The van der Waals surface area contributed by atoms with Gasteiger partial charge in [0.05, 0.1) is 17.7 Å². The topological polar surface area (TPSA) is 96.0 Å². The number of carbonyl (C=O) groups excluding carboxylic acids is 2. The number of rotatable bonds is 15. The number of benzene rings is 4. The molecule has 0 aliphatic carbocycles. The van der Waals surface area contributed by atoms with E-state index in [1.807, 2.05) is 68.4 Å². The number of hydrogen-bond acceptors (Lipinski definition) is 5. The second kappa shape index (κ2) is 15.9. The van der Waals surface area contributed by atoms with Crippen molar-refractivity contribution in [2.75, 3.05) is 24.5 Å². The molecule has 0 unspecified atom stereocenters. The van der Waals surface area contributed by atoms with Gasteiger partial charge < -0.3 is 15.0 Å². The summed E-state index contributed by atoms with van der Waals surface area (Å²) in [6, 6.07) is 31.0. The van der Waals surface area contributed by atoms with Gasteiger partial charge in [-0.25, -0.2) is 8.42 Å². The molecule has 2 amide bonds. The lowest BCUT2D eigenvalue weighted by Gasteiger charge is -2.34. The Labute approximate surface area is 266 Å². The van der Waals surface area contributed by atoms with Gasteiger partial charge in [-0.05, 0) is 60.9 Å². The molecule has 236 valence electrons. The molecule has 9 heteroatoms. The lowest BCUT2D eigenvalue weighted by atomic mass is 10.0. The normalized spacial score (nSPS) is 11.8. The number of aryl methyl sites for hydroxylation is 1. The van der Waals surface area contributed by atoms with Crippen LogP contribution in [0.2, 0.25) is 0 Å². The summed E-state index contributed by atoms with van der Waals surface area (Å²) in [5.74, 6) is -0.264. The lowest BCUT2D eigenvalue weighted by molar-refractivity contribution is -0.140. The summed E-state index contributed by atoms with van der Waals surface area (Å²) in [5.41, 5.74) is 3.08. The van der Waals surface area contributed by atoms with E-state index < -0.39 is 28.5 Å². The Hall–Kier alpha value is -4.63. The number of ether oxygens (including phenoxy) is 1. The predicted octanol–water partition coefficient (Wildman–Crippen LogP) is 5.76. The van der Waals surface area contributed by atoms with Crippen LogP contribution in [0.4, 0.5) is 5.69 Å². The van der Waals surface area contributed by atoms with Crippen molar-refractivity contribution in [1.82, 2.24) is 10.2 Å². The smallest absolute Gasteiger partial charge is 0.264 e. The van der Waals surface area contributed by atoms with Gasteiger partial charge in [0, 0.05) is 19.5 Å². The van der Waals surface area contributed by atoms with Crippen LogP contribution in [0.25, 0.3) is 0 Å². The van der Waals surface area contributed by atoms with Crippen LogP contribution in [-0.4, -0.2) is 51.4 Å². The highest BCUT2D eigenvalue weighted by Gasteiger charge is 2.34. The summed E-state index contributed by atoms with van der Waals surface area (Å²) >= 11 is 0. The van der Waals surface area contributed by atoms with Gasteiger partial charge in [0.15, 0.2) is 0 Å². The number of para-hydroxylation sites is 1. The molecule has 0 radical (unpaired) electrons. The molecular formula is C36H41N3O5S. The Kier molecular flexibility index (Phi) is 11.8. The van der Waals surface area contributed by atoms with Crippen molar-refractivity contribution in [2.24, 2.45) is 0 Å². The first kappa shape index (κ1) is 33.3. The van der Waals surface area contributed by atoms with Crippen molar-refractivity contribution < 1.29 is 22.7 Å². The maximum absolute atomic E-state index is 14.5. The SMILES string of the molecule is CCCCNC(=O)[C@@H](Cc1ccccc1)N(Cc1cccc(C)c1)C(=O)CN(c1ccccc1)S(=O)(=O)c1ccc(OC)cc1. The maximum atomic E-state index is 14.5. The van der Waals surface area contributed by atoms with Gasteiger partial charge in [-0.15, -0.1) is 0 Å². The first-order valence-corrected chi connectivity index (χ1v) is 16.6. The van der Waals surface area contributed by atoms with Gasteiger partial charge >= 0.3 is 0 Å². The molecule has 0 aliphatic rings. The number of carbonyl (C=O) groups is 2. The Balaban J connectivity index is 1.77. The molecule has 1 atom stereocenters. The average molecular weight is 628 g/mol. The van der Waals surface area contributed by atoms with Crippen LogP contribution in [0.3, 0.4) is 0 Å². The Bertz CT molecular complexity index is 1650. The predicted molar refractivity (Wildman–Crippen MR) is 178 cm³/mol. The third kappa shape index (κ3) is 8.95. The van der Waals surface area contributed by atoms with Crippen LogP contribution < -0.4 is 14.4 Å². The lowest BCUT2D eigenvalue weighted by Crippen LogP contribution is -2.53. The Morgan fingerprint density at radius 1 is 0.844 bits per heavy atom. The molecule has 0 saturated heterocycles. The summed E-state index contributed by atoms with van der Waals surface area (Å²) in [5, 5.41) is 3.01. The number of anilines is 1. The van der Waals surface area contributed by atoms with Gasteiger partial charge in [0.1, 0.15) is 18.3 Å². The molecule has 45 heavy (non-hydrogen) atoms. The largest absolute Gasteiger partial charge is 0.497 e. The van der Waals surface area contributed by atoms with Gasteiger partial charge in [-0.2, -0.15) is 0 Å². The van der Waals surface area contributed by atoms with E-state index in [0.29, 0.717) is 18.0 Å². The quantitative estimate of drug-likeness (QED) is 0.169. The summed E-state index contributed by atoms with van der Waals surface area (Å²) in [6.45, 7) is 4.12. The second-order valence-electron chi connectivity index (χ2n) is 10.9. The standard InChI is InChI=1S/C36H41N3O5S/c1-4-5-23-37-36(41)34(25-29-14-8-6-9-15-29)38(26-30-16-12-13-28(2)24-30)35(40)27-39(31-17-10-7-11-18-31)45(42,43)33-21-19-32(44-3)20-22-33/h6-22,24,34H,4-5,23,25-27H2,1-3H3,(H,37,41)/t34-/m1/s1. The van der Waals surface area contributed by atoms with Gasteiger partial charge in [-0.1, -0.05) is 91.7 Å². The first-order valence-electron chi connectivity index (χ1n) is 15.1. The minimum atomic E-state index is -4.18. The van der Waals surface area contributed by atoms with Gasteiger partial charge in [0.2, 0.25) is 11.8 Å². The zero-order valence-electron chi connectivity index (χ0n) is 26.1. The third-order valence-corrected chi connectivity index (χ3v) is 9.29. The third-order valence-electron chi connectivity index (χ3n) is 7.51. The zero-order chi connectivity index (χ0) is 32.2. The summed E-state index contributed by atoms with van der Waals surface area (Å²) in [4.78, 5) is 29.8. The van der Waals surface area contributed by atoms with E-state index in [1.165, 1.54) is 24.1 Å². The van der Waals surface area contributed by atoms with Crippen LogP contribution in [-0.2, 0) is 32.6 Å². The second-order valence-corrected chi connectivity index (χ2v) is 12.7. The first-order chi connectivity index (χ1) is 21.7. The van der Waals surface area contributed by atoms with E-state index in [2.05, 4.69) is 5.32 Å². The van der Waals surface area contributed by atoms with E-state index in [0.717, 1.165) is 33.8 Å². The van der Waals surface area contributed by atoms with Crippen molar-refractivity contribution in [3.63, 3.8) is 0 Å². The molecule has 4 aromatic carbocycles. The fraction of sp³-hybridized carbons (Fsp3) is 0.278. The van der Waals surface area contributed by atoms with Crippen LogP contribution in [0.1, 0.15) is 36.5 Å². The molecule has 0 aliphatic heterocycles. The van der Waals surface area contributed by atoms with Crippen LogP contribution in [0.15, 0.2) is 114 Å². The Morgan fingerprint density at radius 2 is 1.49 bits per heavy atom. The minimum absolute atomic E-state index is 0.0170. The average Bonchev–Trinajstić information content (AvgIpc) is 3.06. The zero-order valence-corrected chi connectivity index (χ0v) is 26.9. The van der Waals surface area contributed by atoms with Crippen molar-refractivity contribution in [2.45, 2.75) is 50.6 Å². The van der Waals surface area contributed by atoms with Crippen LogP contribution in [0.5, 0.6) is 5.75 Å². The van der Waals surface area contributed by atoms with Crippen molar-refractivity contribution in [3.8, 4) is 5.75 Å². The number of hydrogen-bond donors (Lipinski definition) is 1. The molecular weight excluding hydrogens is 586 g/mol. The molecule has 0 saturated carbocycles. The maximum Gasteiger partial charge on any atom is 0.264 e. The molecule has 0 fully saturated rings. The molecule has 1 N–H and O–H groups in total. The fourth-order valence-corrected chi connectivity index (χ4v) is 6.48. The van der Waals surface area contributed by atoms with E-state index in [1.54, 1.807) is 42.5 Å². The van der Waals surface area contributed by atoms with Crippen molar-refractivity contribution in [3.05, 3.63) is 126 Å². The monoisotopic (exact) mass is 627 g/mol. The number of unbranched alkanes of at least 4 members (excludes halogenated alkanes) is 1. The summed E-state index contributed by atoms with van der Waals surface area (Å²) in [7, 11) is -2.67. The van der Waals surface area contributed by atoms with Crippen molar-refractivity contribution >= 4 is 27.5 Å². The number of amides is 2. The number of methoxy groups -OCH3 is 1. The Morgan fingerprint density at radius 3 is 2.11 bits per heavy atom. The van der Waals surface area contributed by atoms with E-state index in [4.69, 9.17) is 4.74 Å². The van der Waals surface area contributed by atoms with E-state index in [-0.39, 0.29) is 23.8 Å².